The highest BCUT2D eigenvalue weighted by Gasteiger charge is 2.15. The van der Waals surface area contributed by atoms with Crippen LogP contribution in [0.15, 0.2) is 53.4 Å². The van der Waals surface area contributed by atoms with Gasteiger partial charge in [0.15, 0.2) is 0 Å². The minimum absolute atomic E-state index is 0.0296. The fourth-order valence-electron chi connectivity index (χ4n) is 2.24. The van der Waals surface area contributed by atoms with Gasteiger partial charge in [-0.05, 0) is 42.0 Å². The third-order valence-corrected chi connectivity index (χ3v) is 5.41. The number of carbonyl (C=O) groups is 2. The second-order valence-corrected chi connectivity index (χ2v) is 8.62. The van der Waals surface area contributed by atoms with Crippen molar-refractivity contribution in [2.75, 3.05) is 24.1 Å². The van der Waals surface area contributed by atoms with E-state index in [9.17, 15) is 18.0 Å². The van der Waals surface area contributed by atoms with Gasteiger partial charge in [0.05, 0.1) is 11.3 Å². The van der Waals surface area contributed by atoms with E-state index >= 15 is 0 Å². The molecule has 7 nitrogen and oxygen atoms in total. The van der Waals surface area contributed by atoms with Crippen molar-refractivity contribution in [3.63, 3.8) is 0 Å². The predicted molar refractivity (Wildman–Crippen MR) is 110 cm³/mol. The summed E-state index contributed by atoms with van der Waals surface area (Å²) in [7, 11) is -0.392. The van der Waals surface area contributed by atoms with Gasteiger partial charge >= 0.3 is 0 Å². The van der Waals surface area contributed by atoms with Crippen LogP contribution in [0.3, 0.4) is 0 Å². The van der Waals surface area contributed by atoms with Gasteiger partial charge in [-0.15, -0.1) is 0 Å². The van der Waals surface area contributed by atoms with E-state index in [4.69, 9.17) is 0 Å². The summed E-state index contributed by atoms with van der Waals surface area (Å²) in [6.45, 7) is 3.56. The van der Waals surface area contributed by atoms with Crippen LogP contribution < -0.4 is 10.0 Å². The summed E-state index contributed by atoms with van der Waals surface area (Å²) in [6.07, 6.45) is 0.254. The maximum atomic E-state index is 12.5. The molecule has 0 radical (unpaired) electrons. The second-order valence-electron chi connectivity index (χ2n) is 6.94. The van der Waals surface area contributed by atoms with E-state index in [1.165, 1.54) is 17.0 Å². The van der Waals surface area contributed by atoms with Gasteiger partial charge in [0.1, 0.15) is 0 Å². The van der Waals surface area contributed by atoms with E-state index < -0.39 is 10.0 Å². The highest BCUT2D eigenvalue weighted by Crippen LogP contribution is 2.19. The minimum atomic E-state index is -3.76. The Bertz CT molecular complexity index is 934. The first-order valence-corrected chi connectivity index (χ1v) is 10.3. The molecule has 0 saturated heterocycles. The Morgan fingerprint density at radius 1 is 0.929 bits per heavy atom. The molecule has 2 amide bonds. The van der Waals surface area contributed by atoms with Crippen molar-refractivity contribution in [2.24, 2.45) is 5.92 Å². The number of nitrogens with one attached hydrogen (secondary N) is 2. The first-order chi connectivity index (χ1) is 13.1. The smallest absolute Gasteiger partial charge is 0.261 e. The van der Waals surface area contributed by atoms with Gasteiger partial charge in [0.25, 0.3) is 10.0 Å². The van der Waals surface area contributed by atoms with Gasteiger partial charge in [0.2, 0.25) is 11.8 Å². The summed E-state index contributed by atoms with van der Waals surface area (Å²) >= 11 is 0. The van der Waals surface area contributed by atoms with Crippen LogP contribution in [-0.4, -0.2) is 39.2 Å². The number of rotatable bonds is 7. The predicted octanol–water partition coefficient (Wildman–Crippen LogP) is 2.71. The number of likely N-dealkylation sites (N-methyl/N-ethyl adjacent to an activating group) is 1. The lowest BCUT2D eigenvalue weighted by molar-refractivity contribution is -0.128. The first-order valence-electron chi connectivity index (χ1n) is 8.81. The Labute approximate surface area is 165 Å². The quantitative estimate of drug-likeness (QED) is 0.743. The fraction of sp³-hybridized carbons (Fsp3) is 0.300. The molecule has 0 unspecified atom stereocenters. The van der Waals surface area contributed by atoms with Crippen LogP contribution in [-0.2, 0) is 26.0 Å². The van der Waals surface area contributed by atoms with E-state index in [-0.39, 0.29) is 29.0 Å². The van der Waals surface area contributed by atoms with Gasteiger partial charge in [-0.1, -0.05) is 26.0 Å². The SMILES string of the molecule is CC(C)C(=O)Nc1ccc(S(=O)(=O)Nc2ccc(CC(=O)N(C)C)cc2)cc1. The van der Waals surface area contributed by atoms with Crippen LogP contribution in [0.25, 0.3) is 0 Å². The lowest BCUT2D eigenvalue weighted by Gasteiger charge is -2.12. The van der Waals surface area contributed by atoms with Crippen molar-refractivity contribution in [3.05, 3.63) is 54.1 Å². The topological polar surface area (TPSA) is 95.6 Å². The molecule has 0 atom stereocenters. The maximum Gasteiger partial charge on any atom is 0.261 e. The zero-order valence-electron chi connectivity index (χ0n) is 16.4. The molecule has 0 aliphatic heterocycles. The molecule has 2 N–H and O–H groups in total. The lowest BCUT2D eigenvalue weighted by atomic mass is 10.1. The van der Waals surface area contributed by atoms with E-state index in [0.717, 1.165) is 5.56 Å². The molecule has 0 spiro atoms. The number of sulfonamides is 1. The van der Waals surface area contributed by atoms with Crippen molar-refractivity contribution in [3.8, 4) is 0 Å². The molecule has 0 bridgehead atoms. The summed E-state index contributed by atoms with van der Waals surface area (Å²) in [5.41, 5.74) is 1.73. The van der Waals surface area contributed by atoms with Crippen LogP contribution in [0.2, 0.25) is 0 Å². The molecule has 2 aromatic rings. The number of anilines is 2. The molecule has 0 aromatic heterocycles. The molecule has 0 aliphatic carbocycles. The van der Waals surface area contributed by atoms with Gasteiger partial charge in [-0.25, -0.2) is 8.42 Å². The zero-order chi connectivity index (χ0) is 20.9. The Balaban J connectivity index is 2.07. The fourth-order valence-corrected chi connectivity index (χ4v) is 3.30. The third kappa shape index (κ3) is 5.82. The monoisotopic (exact) mass is 403 g/mol. The van der Waals surface area contributed by atoms with Crippen LogP contribution in [0.5, 0.6) is 0 Å². The van der Waals surface area contributed by atoms with Crippen LogP contribution in [0, 0.1) is 5.92 Å². The molecular formula is C20H25N3O4S. The molecule has 0 aliphatic rings. The Hall–Kier alpha value is -2.87. The number of benzene rings is 2. The normalized spacial score (nSPS) is 11.2. The number of hydrogen-bond donors (Lipinski definition) is 2. The molecule has 8 heteroatoms. The van der Waals surface area contributed by atoms with Gasteiger partial charge in [-0.2, -0.15) is 0 Å². The van der Waals surface area contributed by atoms with Crippen molar-refractivity contribution in [1.82, 2.24) is 4.90 Å². The van der Waals surface area contributed by atoms with Crippen molar-refractivity contribution in [1.29, 1.82) is 0 Å². The number of amides is 2. The highest BCUT2D eigenvalue weighted by molar-refractivity contribution is 7.92. The number of carbonyl (C=O) groups excluding carboxylic acids is 2. The van der Waals surface area contributed by atoms with Gasteiger partial charge < -0.3 is 10.2 Å². The second kappa shape index (κ2) is 8.88. The Morgan fingerprint density at radius 2 is 1.46 bits per heavy atom. The minimum Gasteiger partial charge on any atom is -0.349 e. The molecular weight excluding hydrogens is 378 g/mol. The number of hydrogen-bond acceptors (Lipinski definition) is 4. The third-order valence-electron chi connectivity index (χ3n) is 4.02. The van der Waals surface area contributed by atoms with E-state index in [2.05, 4.69) is 10.0 Å². The maximum absolute atomic E-state index is 12.5. The van der Waals surface area contributed by atoms with E-state index in [1.807, 2.05) is 0 Å². The lowest BCUT2D eigenvalue weighted by Crippen LogP contribution is -2.23. The van der Waals surface area contributed by atoms with E-state index in [0.29, 0.717) is 11.4 Å². The average Bonchev–Trinajstić information content (AvgIpc) is 2.63. The highest BCUT2D eigenvalue weighted by atomic mass is 32.2. The zero-order valence-corrected chi connectivity index (χ0v) is 17.2. The summed E-state index contributed by atoms with van der Waals surface area (Å²) < 4.78 is 27.6. The summed E-state index contributed by atoms with van der Waals surface area (Å²) in [5.74, 6) is -0.333. The first kappa shape index (κ1) is 21.4. The molecule has 28 heavy (non-hydrogen) atoms. The van der Waals surface area contributed by atoms with Crippen LogP contribution >= 0.6 is 0 Å². The van der Waals surface area contributed by atoms with Crippen LogP contribution in [0.4, 0.5) is 11.4 Å². The van der Waals surface area contributed by atoms with E-state index in [1.54, 1.807) is 64.3 Å². The van der Waals surface area contributed by atoms with Crippen LogP contribution in [0.1, 0.15) is 19.4 Å². The Kier molecular flexibility index (Phi) is 6.80. The summed E-state index contributed by atoms with van der Waals surface area (Å²) in [5, 5.41) is 2.71. The van der Waals surface area contributed by atoms with Gasteiger partial charge in [-0.3, -0.25) is 14.3 Å². The Morgan fingerprint density at radius 3 is 1.96 bits per heavy atom. The standard InChI is InChI=1S/C20H25N3O4S/c1-14(2)20(25)21-16-9-11-18(12-10-16)28(26,27)22-17-7-5-15(6-8-17)13-19(24)23(3)4/h5-12,14,22H,13H2,1-4H3,(H,21,25). The molecule has 0 saturated carbocycles. The number of nitrogens with zero attached hydrogens (tertiary/aromatic N) is 1. The molecule has 2 aromatic carbocycles. The largest absolute Gasteiger partial charge is 0.349 e. The average molecular weight is 404 g/mol. The molecule has 150 valence electrons. The summed E-state index contributed by atoms with van der Waals surface area (Å²) in [4.78, 5) is 25.0. The molecule has 0 fully saturated rings. The molecule has 2 rings (SSSR count). The van der Waals surface area contributed by atoms with Gasteiger partial charge in [0, 0.05) is 31.4 Å². The molecule has 0 heterocycles. The summed E-state index contributed by atoms with van der Waals surface area (Å²) in [6, 6.07) is 12.6. The van der Waals surface area contributed by atoms with Crippen molar-refractivity contribution in [2.45, 2.75) is 25.2 Å². The van der Waals surface area contributed by atoms with Crippen molar-refractivity contribution < 1.29 is 18.0 Å². The van der Waals surface area contributed by atoms with Crippen molar-refractivity contribution >= 4 is 33.2 Å².